The standard InChI is InChI=1S/C14H14N4/c1-11-9-18-10-13(4-5-14(18)17-11)16-8-12-3-2-6-15-7-12/h2-7,9-10,16H,8H2,1H3. The highest BCUT2D eigenvalue weighted by Crippen LogP contribution is 2.12. The number of hydrogen-bond acceptors (Lipinski definition) is 3. The van der Waals surface area contributed by atoms with Crippen molar-refractivity contribution >= 4 is 11.3 Å². The van der Waals surface area contributed by atoms with Gasteiger partial charge >= 0.3 is 0 Å². The fraction of sp³-hybridized carbons (Fsp3) is 0.143. The number of nitrogens with one attached hydrogen (secondary N) is 1. The van der Waals surface area contributed by atoms with Gasteiger partial charge in [-0.05, 0) is 30.7 Å². The van der Waals surface area contributed by atoms with Gasteiger partial charge in [0.2, 0.25) is 0 Å². The van der Waals surface area contributed by atoms with Crippen LogP contribution in [0.25, 0.3) is 5.65 Å². The van der Waals surface area contributed by atoms with Gasteiger partial charge in [0, 0.05) is 31.3 Å². The van der Waals surface area contributed by atoms with Crippen molar-refractivity contribution in [3.63, 3.8) is 0 Å². The minimum Gasteiger partial charge on any atom is -0.380 e. The number of anilines is 1. The Bertz CT molecular complexity index is 658. The fourth-order valence-corrected chi connectivity index (χ4v) is 1.93. The lowest BCUT2D eigenvalue weighted by Crippen LogP contribution is -2.00. The summed E-state index contributed by atoms with van der Waals surface area (Å²) in [6.45, 7) is 2.77. The molecule has 0 aliphatic rings. The van der Waals surface area contributed by atoms with Crippen molar-refractivity contribution in [1.29, 1.82) is 0 Å². The first kappa shape index (κ1) is 10.8. The molecule has 0 bridgehead atoms. The zero-order chi connectivity index (χ0) is 12.4. The van der Waals surface area contributed by atoms with E-state index in [1.54, 1.807) is 6.20 Å². The quantitative estimate of drug-likeness (QED) is 0.762. The van der Waals surface area contributed by atoms with Crippen molar-refractivity contribution in [2.75, 3.05) is 5.32 Å². The van der Waals surface area contributed by atoms with Gasteiger partial charge in [0.25, 0.3) is 0 Å². The number of rotatable bonds is 3. The zero-order valence-corrected chi connectivity index (χ0v) is 10.2. The maximum atomic E-state index is 4.40. The third-order valence-corrected chi connectivity index (χ3v) is 2.79. The molecule has 0 radical (unpaired) electrons. The first-order valence-corrected chi connectivity index (χ1v) is 5.89. The van der Waals surface area contributed by atoms with Gasteiger partial charge in [-0.15, -0.1) is 0 Å². The molecule has 3 aromatic heterocycles. The van der Waals surface area contributed by atoms with Crippen LogP contribution >= 0.6 is 0 Å². The number of fused-ring (bicyclic) bond motifs is 1. The zero-order valence-electron chi connectivity index (χ0n) is 10.2. The summed E-state index contributed by atoms with van der Waals surface area (Å²) in [6, 6.07) is 8.05. The third kappa shape index (κ3) is 2.18. The monoisotopic (exact) mass is 238 g/mol. The molecule has 1 N–H and O–H groups in total. The number of aryl methyl sites for hydroxylation is 1. The molecule has 3 rings (SSSR count). The summed E-state index contributed by atoms with van der Waals surface area (Å²) in [4.78, 5) is 8.49. The first-order valence-electron chi connectivity index (χ1n) is 5.89. The molecule has 3 aromatic rings. The highest BCUT2D eigenvalue weighted by molar-refractivity contribution is 5.50. The van der Waals surface area contributed by atoms with E-state index in [9.17, 15) is 0 Å². The van der Waals surface area contributed by atoms with Crippen molar-refractivity contribution in [3.8, 4) is 0 Å². The van der Waals surface area contributed by atoms with Gasteiger partial charge in [-0.1, -0.05) is 6.07 Å². The van der Waals surface area contributed by atoms with Crippen LogP contribution in [0, 0.1) is 6.92 Å². The van der Waals surface area contributed by atoms with Crippen molar-refractivity contribution in [2.45, 2.75) is 13.5 Å². The van der Waals surface area contributed by atoms with Crippen molar-refractivity contribution < 1.29 is 0 Å². The highest BCUT2D eigenvalue weighted by Gasteiger charge is 1.99. The fourth-order valence-electron chi connectivity index (χ4n) is 1.93. The Morgan fingerprint density at radius 3 is 3.00 bits per heavy atom. The molecule has 90 valence electrons. The summed E-state index contributed by atoms with van der Waals surface area (Å²) in [5, 5.41) is 3.37. The average Bonchev–Trinajstić information content (AvgIpc) is 2.77. The number of aromatic nitrogens is 3. The van der Waals surface area contributed by atoms with E-state index in [4.69, 9.17) is 0 Å². The predicted molar refractivity (Wildman–Crippen MR) is 71.5 cm³/mol. The van der Waals surface area contributed by atoms with Gasteiger partial charge in [0.05, 0.1) is 11.4 Å². The van der Waals surface area contributed by atoms with E-state index < -0.39 is 0 Å². The highest BCUT2D eigenvalue weighted by atomic mass is 15.0. The second-order valence-corrected chi connectivity index (χ2v) is 4.28. The first-order chi connectivity index (χ1) is 8.81. The smallest absolute Gasteiger partial charge is 0.137 e. The van der Waals surface area contributed by atoms with E-state index in [1.165, 1.54) is 5.56 Å². The second kappa shape index (κ2) is 4.49. The van der Waals surface area contributed by atoms with E-state index in [0.29, 0.717) is 0 Å². The topological polar surface area (TPSA) is 42.2 Å². The number of imidazole rings is 1. The maximum absolute atomic E-state index is 4.40. The van der Waals surface area contributed by atoms with E-state index >= 15 is 0 Å². The Balaban J connectivity index is 1.78. The summed E-state index contributed by atoms with van der Waals surface area (Å²) in [7, 11) is 0. The number of nitrogens with zero attached hydrogens (tertiary/aromatic N) is 3. The van der Waals surface area contributed by atoms with Crippen LogP contribution in [0.2, 0.25) is 0 Å². The molecule has 0 aliphatic heterocycles. The minimum absolute atomic E-state index is 0.771. The Hall–Kier alpha value is -2.36. The van der Waals surface area contributed by atoms with Gasteiger partial charge in [-0.2, -0.15) is 0 Å². The van der Waals surface area contributed by atoms with Crippen LogP contribution in [-0.2, 0) is 6.54 Å². The van der Waals surface area contributed by atoms with E-state index in [1.807, 2.05) is 48.1 Å². The van der Waals surface area contributed by atoms with E-state index in [2.05, 4.69) is 21.4 Å². The second-order valence-electron chi connectivity index (χ2n) is 4.28. The van der Waals surface area contributed by atoms with E-state index in [0.717, 1.165) is 23.6 Å². The molecule has 0 fully saturated rings. The molecular formula is C14H14N4. The molecule has 0 amide bonds. The van der Waals surface area contributed by atoms with Gasteiger partial charge in [-0.3, -0.25) is 4.98 Å². The Kier molecular flexibility index (Phi) is 2.68. The molecule has 4 nitrogen and oxygen atoms in total. The molecule has 0 saturated carbocycles. The molecule has 0 spiro atoms. The molecule has 0 aromatic carbocycles. The summed E-state index contributed by atoms with van der Waals surface area (Å²) in [6.07, 6.45) is 7.72. The van der Waals surface area contributed by atoms with Gasteiger partial charge in [-0.25, -0.2) is 4.98 Å². The molecule has 18 heavy (non-hydrogen) atoms. The molecule has 4 heteroatoms. The lowest BCUT2D eigenvalue weighted by Gasteiger charge is -2.06. The lowest BCUT2D eigenvalue weighted by molar-refractivity contribution is 1.09. The average molecular weight is 238 g/mol. The molecular weight excluding hydrogens is 224 g/mol. The van der Waals surface area contributed by atoms with Crippen LogP contribution in [-0.4, -0.2) is 14.4 Å². The van der Waals surface area contributed by atoms with Crippen LogP contribution in [0.4, 0.5) is 5.69 Å². The Morgan fingerprint density at radius 2 is 2.17 bits per heavy atom. The van der Waals surface area contributed by atoms with E-state index in [-0.39, 0.29) is 0 Å². The van der Waals surface area contributed by atoms with Gasteiger partial charge in [0.1, 0.15) is 5.65 Å². The molecule has 0 saturated heterocycles. The predicted octanol–water partition coefficient (Wildman–Crippen LogP) is 2.65. The third-order valence-electron chi connectivity index (χ3n) is 2.79. The Labute approximate surface area is 105 Å². The van der Waals surface area contributed by atoms with Gasteiger partial charge in [0.15, 0.2) is 0 Å². The van der Waals surface area contributed by atoms with Crippen LogP contribution in [0.5, 0.6) is 0 Å². The SMILES string of the molecule is Cc1cn2cc(NCc3cccnc3)ccc2n1. The minimum atomic E-state index is 0.771. The summed E-state index contributed by atoms with van der Waals surface area (Å²) in [5.41, 5.74) is 4.24. The molecule has 3 heterocycles. The normalized spacial score (nSPS) is 10.7. The largest absolute Gasteiger partial charge is 0.380 e. The van der Waals surface area contributed by atoms with Crippen LogP contribution in [0.15, 0.2) is 49.1 Å². The lowest BCUT2D eigenvalue weighted by atomic mass is 10.3. The molecule has 0 atom stereocenters. The number of hydrogen-bond donors (Lipinski definition) is 1. The summed E-state index contributed by atoms with van der Waals surface area (Å²) < 4.78 is 2.03. The summed E-state index contributed by atoms with van der Waals surface area (Å²) in [5.74, 6) is 0. The van der Waals surface area contributed by atoms with Crippen LogP contribution in [0.1, 0.15) is 11.3 Å². The Morgan fingerprint density at radius 1 is 1.22 bits per heavy atom. The molecule has 0 aliphatic carbocycles. The van der Waals surface area contributed by atoms with Crippen LogP contribution < -0.4 is 5.32 Å². The summed E-state index contributed by atoms with van der Waals surface area (Å²) >= 11 is 0. The van der Waals surface area contributed by atoms with Crippen LogP contribution in [0.3, 0.4) is 0 Å². The van der Waals surface area contributed by atoms with Crippen molar-refractivity contribution in [1.82, 2.24) is 14.4 Å². The number of pyridine rings is 2. The molecule has 0 unspecified atom stereocenters. The van der Waals surface area contributed by atoms with Crippen molar-refractivity contribution in [3.05, 3.63) is 60.3 Å². The maximum Gasteiger partial charge on any atom is 0.137 e. The van der Waals surface area contributed by atoms with Crippen molar-refractivity contribution in [2.24, 2.45) is 0 Å². The van der Waals surface area contributed by atoms with Gasteiger partial charge < -0.3 is 9.72 Å².